The Hall–Kier alpha value is -4.64. The normalized spacial score (nSPS) is 13.0. The van der Waals surface area contributed by atoms with Crippen molar-refractivity contribution in [1.82, 2.24) is 10.2 Å². The molecule has 1 heterocycles. The monoisotopic (exact) mass is 568 g/mol. The molecule has 0 unspecified atom stereocenters. The highest BCUT2D eigenvalue weighted by atomic mass is 19.4. The fraction of sp³-hybridized carbons (Fsp3) is 0.133. The van der Waals surface area contributed by atoms with E-state index in [2.05, 4.69) is 15.5 Å². The Morgan fingerprint density at radius 3 is 1.80 bits per heavy atom. The van der Waals surface area contributed by atoms with Gasteiger partial charge < -0.3 is 11.1 Å². The lowest BCUT2D eigenvalue weighted by atomic mass is 9.85. The summed E-state index contributed by atoms with van der Waals surface area (Å²) < 4.78 is 80.6. The molecule has 1 amide bonds. The standard InChI is InChI=1S/C30H22F6N4O/c31-29(32,33)20-13-19(14-21(15-20)30(34,35)36)27-23-16-22(11-12-24(23)39-40-27)38-28(41)26(37)25(17-7-3-1-4-8-17)18-9-5-2-6-10-18/h1-16,25-26H,37H2,(H,38,41)(H,39,40)/t26-/m1/s1. The Kier molecular flexibility index (Phi) is 7.31. The van der Waals surface area contributed by atoms with Gasteiger partial charge in [-0.1, -0.05) is 60.7 Å². The number of nitrogens with one attached hydrogen (secondary N) is 2. The largest absolute Gasteiger partial charge is 0.416 e. The highest BCUT2D eigenvalue weighted by Crippen LogP contribution is 2.40. The van der Waals surface area contributed by atoms with Crippen LogP contribution in [0.2, 0.25) is 0 Å². The number of alkyl halides is 6. The molecule has 5 nitrogen and oxygen atoms in total. The predicted molar refractivity (Wildman–Crippen MR) is 143 cm³/mol. The van der Waals surface area contributed by atoms with Gasteiger partial charge in [-0.15, -0.1) is 0 Å². The molecule has 0 aliphatic carbocycles. The number of nitrogens with zero attached hydrogens (tertiary/aromatic N) is 1. The van der Waals surface area contributed by atoms with Gasteiger partial charge >= 0.3 is 12.4 Å². The number of hydrogen-bond donors (Lipinski definition) is 3. The molecule has 11 heteroatoms. The molecule has 0 saturated heterocycles. The van der Waals surface area contributed by atoms with Crippen LogP contribution >= 0.6 is 0 Å². The first-order chi connectivity index (χ1) is 19.4. The maximum absolute atomic E-state index is 13.4. The van der Waals surface area contributed by atoms with E-state index in [9.17, 15) is 31.1 Å². The summed E-state index contributed by atoms with van der Waals surface area (Å²) in [4.78, 5) is 13.3. The second-order valence-electron chi connectivity index (χ2n) is 9.44. The van der Waals surface area contributed by atoms with Gasteiger partial charge in [0, 0.05) is 22.6 Å². The van der Waals surface area contributed by atoms with Crippen molar-refractivity contribution in [1.29, 1.82) is 0 Å². The minimum Gasteiger partial charge on any atom is -0.325 e. The molecular formula is C30H22F6N4O. The van der Waals surface area contributed by atoms with Crippen LogP contribution in [0.5, 0.6) is 0 Å². The lowest BCUT2D eigenvalue weighted by molar-refractivity contribution is -0.143. The molecule has 41 heavy (non-hydrogen) atoms. The predicted octanol–water partition coefficient (Wildman–Crippen LogP) is 7.37. The van der Waals surface area contributed by atoms with Crippen LogP contribution < -0.4 is 11.1 Å². The molecule has 0 aliphatic heterocycles. The summed E-state index contributed by atoms with van der Waals surface area (Å²) in [6.07, 6.45) is -10.0. The molecule has 5 aromatic rings. The maximum Gasteiger partial charge on any atom is 0.416 e. The van der Waals surface area contributed by atoms with E-state index in [0.29, 0.717) is 17.6 Å². The number of benzene rings is 4. The third kappa shape index (κ3) is 5.94. The first-order valence-electron chi connectivity index (χ1n) is 12.4. The van der Waals surface area contributed by atoms with E-state index >= 15 is 0 Å². The van der Waals surface area contributed by atoms with Gasteiger partial charge in [-0.2, -0.15) is 31.4 Å². The van der Waals surface area contributed by atoms with E-state index in [-0.39, 0.29) is 28.4 Å². The number of aromatic amines is 1. The molecule has 1 atom stereocenters. The molecule has 210 valence electrons. The van der Waals surface area contributed by atoms with Crippen LogP contribution in [0.3, 0.4) is 0 Å². The Bertz CT molecular complexity index is 1610. The van der Waals surface area contributed by atoms with Crippen LogP contribution in [0.1, 0.15) is 28.2 Å². The summed E-state index contributed by atoms with van der Waals surface area (Å²) in [6, 6.07) is 23.2. The smallest absolute Gasteiger partial charge is 0.325 e. The number of carbonyl (C=O) groups excluding carboxylic acids is 1. The van der Waals surface area contributed by atoms with Gasteiger partial charge in [0.2, 0.25) is 5.91 Å². The van der Waals surface area contributed by atoms with Crippen LogP contribution in [-0.4, -0.2) is 22.1 Å². The van der Waals surface area contributed by atoms with Crippen molar-refractivity contribution in [3.63, 3.8) is 0 Å². The number of halogens is 6. The van der Waals surface area contributed by atoms with Gasteiger partial charge in [-0.05, 0) is 47.5 Å². The fourth-order valence-corrected chi connectivity index (χ4v) is 4.71. The number of hydrogen-bond acceptors (Lipinski definition) is 3. The molecule has 0 spiro atoms. The molecule has 0 fully saturated rings. The third-order valence-electron chi connectivity index (χ3n) is 6.67. The van der Waals surface area contributed by atoms with E-state index in [1.807, 2.05) is 60.7 Å². The maximum atomic E-state index is 13.4. The first-order valence-corrected chi connectivity index (χ1v) is 12.4. The van der Waals surface area contributed by atoms with Gasteiger partial charge in [0.05, 0.1) is 22.7 Å². The molecule has 0 radical (unpaired) electrons. The fourth-order valence-electron chi connectivity index (χ4n) is 4.71. The minimum absolute atomic E-state index is 0.0568. The van der Waals surface area contributed by atoms with Gasteiger partial charge in [-0.25, -0.2) is 0 Å². The van der Waals surface area contributed by atoms with Crippen molar-refractivity contribution in [3.05, 3.63) is 119 Å². The number of nitrogens with two attached hydrogens (primary N) is 1. The average Bonchev–Trinajstić information content (AvgIpc) is 3.36. The summed E-state index contributed by atoms with van der Waals surface area (Å²) in [5.41, 5.74) is 5.25. The number of amides is 1. The Morgan fingerprint density at radius 1 is 0.756 bits per heavy atom. The van der Waals surface area contributed by atoms with Gasteiger partial charge in [-0.3, -0.25) is 9.89 Å². The molecule has 0 bridgehead atoms. The number of rotatable bonds is 6. The number of H-pyrrole nitrogens is 1. The minimum atomic E-state index is -5.01. The van der Waals surface area contributed by atoms with E-state index < -0.39 is 41.3 Å². The molecule has 1 aromatic heterocycles. The number of anilines is 1. The zero-order valence-corrected chi connectivity index (χ0v) is 21.1. The molecule has 4 aromatic carbocycles. The zero-order chi connectivity index (χ0) is 29.4. The second-order valence-corrected chi connectivity index (χ2v) is 9.44. The molecule has 0 saturated carbocycles. The van der Waals surface area contributed by atoms with Crippen molar-refractivity contribution in [2.45, 2.75) is 24.3 Å². The molecule has 0 aliphatic rings. The number of fused-ring (bicyclic) bond motifs is 1. The van der Waals surface area contributed by atoms with E-state index in [0.717, 1.165) is 11.1 Å². The van der Waals surface area contributed by atoms with Crippen LogP contribution in [0.25, 0.3) is 22.2 Å². The van der Waals surface area contributed by atoms with Crippen molar-refractivity contribution in [3.8, 4) is 11.3 Å². The van der Waals surface area contributed by atoms with Crippen molar-refractivity contribution < 1.29 is 31.1 Å². The Labute approximate surface area is 230 Å². The summed E-state index contributed by atoms with van der Waals surface area (Å²) >= 11 is 0. The highest BCUT2D eigenvalue weighted by Gasteiger charge is 2.37. The number of carbonyl (C=O) groups is 1. The quantitative estimate of drug-likeness (QED) is 0.187. The van der Waals surface area contributed by atoms with E-state index in [1.165, 1.54) is 18.2 Å². The third-order valence-corrected chi connectivity index (χ3v) is 6.67. The van der Waals surface area contributed by atoms with Crippen molar-refractivity contribution >= 4 is 22.5 Å². The summed E-state index contributed by atoms with van der Waals surface area (Å²) in [5, 5.41) is 9.54. The topological polar surface area (TPSA) is 83.8 Å². The number of aromatic nitrogens is 2. The molecular weight excluding hydrogens is 546 g/mol. The summed E-state index contributed by atoms with van der Waals surface area (Å²) in [6.45, 7) is 0. The van der Waals surface area contributed by atoms with Crippen LogP contribution in [0, 0.1) is 0 Å². The van der Waals surface area contributed by atoms with Crippen LogP contribution in [0.15, 0.2) is 97.1 Å². The SMILES string of the molecule is N[C@@H](C(=O)Nc1ccc2[nH]nc(-c3cc(C(F)(F)F)cc(C(F)(F)F)c3)c2c1)C(c1ccccc1)c1ccccc1. The van der Waals surface area contributed by atoms with Crippen LogP contribution in [-0.2, 0) is 17.1 Å². The van der Waals surface area contributed by atoms with Gasteiger partial charge in [0.15, 0.2) is 0 Å². The average molecular weight is 569 g/mol. The van der Waals surface area contributed by atoms with Crippen LogP contribution in [0.4, 0.5) is 32.0 Å². The molecule has 5 rings (SSSR count). The highest BCUT2D eigenvalue weighted by molar-refractivity contribution is 6.00. The Morgan fingerprint density at radius 2 is 1.29 bits per heavy atom. The molecule has 4 N–H and O–H groups in total. The van der Waals surface area contributed by atoms with E-state index in [1.54, 1.807) is 0 Å². The Balaban J connectivity index is 1.49. The van der Waals surface area contributed by atoms with E-state index in [4.69, 9.17) is 5.73 Å². The summed E-state index contributed by atoms with van der Waals surface area (Å²) in [5.74, 6) is -1.03. The first kappa shape index (κ1) is 27.9. The van der Waals surface area contributed by atoms with Crippen molar-refractivity contribution in [2.75, 3.05) is 5.32 Å². The lowest BCUT2D eigenvalue weighted by Gasteiger charge is -2.24. The van der Waals surface area contributed by atoms with Gasteiger partial charge in [0.1, 0.15) is 5.69 Å². The van der Waals surface area contributed by atoms with Crippen molar-refractivity contribution in [2.24, 2.45) is 5.73 Å². The summed E-state index contributed by atoms with van der Waals surface area (Å²) in [7, 11) is 0. The lowest BCUT2D eigenvalue weighted by Crippen LogP contribution is -2.41. The second kappa shape index (κ2) is 10.7. The van der Waals surface area contributed by atoms with Gasteiger partial charge in [0.25, 0.3) is 0 Å². The zero-order valence-electron chi connectivity index (χ0n) is 21.1.